The average molecular weight is 477 g/mol. The van der Waals surface area contributed by atoms with E-state index in [1.807, 2.05) is 60.8 Å². The minimum Gasteiger partial charge on any atom is -0.494 e. The molecule has 0 saturated carbocycles. The van der Waals surface area contributed by atoms with Gasteiger partial charge in [0.2, 0.25) is 11.1 Å². The van der Waals surface area contributed by atoms with Gasteiger partial charge >= 0.3 is 0 Å². The van der Waals surface area contributed by atoms with Crippen molar-refractivity contribution in [1.82, 2.24) is 25.1 Å². The third kappa shape index (κ3) is 4.53. The molecule has 0 aliphatic heterocycles. The zero-order valence-electron chi connectivity index (χ0n) is 17.9. The molecule has 0 bridgehead atoms. The van der Waals surface area contributed by atoms with E-state index >= 15 is 0 Å². The first-order valence-corrected chi connectivity index (χ1v) is 12.1. The lowest BCUT2D eigenvalue weighted by Crippen LogP contribution is -2.22. The van der Waals surface area contributed by atoms with E-state index in [-0.39, 0.29) is 5.91 Å². The number of aromatic amines is 1. The molecule has 33 heavy (non-hydrogen) atoms. The number of fused-ring (bicyclic) bond motifs is 3. The molecule has 3 aromatic heterocycles. The van der Waals surface area contributed by atoms with Crippen LogP contribution in [0.5, 0.6) is 5.75 Å². The second kappa shape index (κ2) is 9.16. The second-order valence-electron chi connectivity index (χ2n) is 7.21. The Balaban J connectivity index is 1.25. The van der Waals surface area contributed by atoms with Gasteiger partial charge in [0.25, 0.3) is 0 Å². The highest BCUT2D eigenvalue weighted by Gasteiger charge is 2.19. The largest absolute Gasteiger partial charge is 0.494 e. The highest BCUT2D eigenvalue weighted by atomic mass is 32.2. The Labute approximate surface area is 197 Å². The van der Waals surface area contributed by atoms with Crippen LogP contribution >= 0.6 is 23.1 Å². The molecule has 2 aromatic carbocycles. The number of nitrogens with zero attached hydrogens (tertiary/aromatic N) is 4. The molecule has 1 atom stereocenters. The number of aromatic nitrogens is 5. The van der Waals surface area contributed by atoms with Gasteiger partial charge in [0.1, 0.15) is 11.3 Å². The molecule has 0 saturated heterocycles. The maximum atomic E-state index is 12.7. The maximum Gasteiger partial charge on any atom is 0.239 e. The number of ether oxygens (including phenoxy) is 1. The van der Waals surface area contributed by atoms with Crippen LogP contribution in [-0.4, -0.2) is 42.9 Å². The van der Waals surface area contributed by atoms with Crippen LogP contribution in [0.4, 0.5) is 5.13 Å². The molecule has 0 aliphatic rings. The zero-order chi connectivity index (χ0) is 22.8. The summed E-state index contributed by atoms with van der Waals surface area (Å²) in [6.45, 7) is 4.38. The third-order valence-electron chi connectivity index (χ3n) is 4.95. The Morgan fingerprint density at radius 2 is 1.97 bits per heavy atom. The van der Waals surface area contributed by atoms with Crippen LogP contribution in [0.2, 0.25) is 0 Å². The number of thiazole rings is 1. The van der Waals surface area contributed by atoms with Gasteiger partial charge in [0.05, 0.1) is 17.6 Å². The molecular weight excluding hydrogens is 456 g/mol. The Hall–Kier alpha value is -3.50. The van der Waals surface area contributed by atoms with Crippen LogP contribution in [0.1, 0.15) is 13.8 Å². The molecule has 1 unspecified atom stereocenters. The molecule has 0 radical (unpaired) electrons. The molecule has 5 rings (SSSR count). The van der Waals surface area contributed by atoms with Crippen molar-refractivity contribution in [3.8, 4) is 17.0 Å². The number of nitrogens with one attached hydrogen (secondary N) is 2. The molecule has 0 spiro atoms. The lowest BCUT2D eigenvalue weighted by Gasteiger charge is -2.08. The van der Waals surface area contributed by atoms with Gasteiger partial charge < -0.3 is 15.0 Å². The monoisotopic (exact) mass is 476 g/mol. The topological polar surface area (TPSA) is 106 Å². The summed E-state index contributed by atoms with van der Waals surface area (Å²) in [6.07, 6.45) is 0. The second-order valence-corrected chi connectivity index (χ2v) is 9.37. The molecule has 5 aromatic rings. The summed E-state index contributed by atoms with van der Waals surface area (Å²) in [6, 6.07) is 15.6. The number of H-pyrrole nitrogens is 1. The highest BCUT2D eigenvalue weighted by Crippen LogP contribution is 2.28. The number of benzene rings is 2. The Morgan fingerprint density at radius 1 is 1.15 bits per heavy atom. The molecule has 2 N–H and O–H groups in total. The molecule has 166 valence electrons. The number of amides is 1. The Kier molecular flexibility index (Phi) is 5.93. The van der Waals surface area contributed by atoms with Crippen LogP contribution in [0, 0.1) is 0 Å². The first-order chi connectivity index (χ1) is 16.1. The minimum absolute atomic E-state index is 0.173. The average Bonchev–Trinajstić information content (AvgIpc) is 3.44. The molecular formula is C23H20N6O2S2. The van der Waals surface area contributed by atoms with Gasteiger partial charge in [0.15, 0.2) is 10.8 Å². The first-order valence-electron chi connectivity index (χ1n) is 10.4. The van der Waals surface area contributed by atoms with E-state index in [0.29, 0.717) is 22.5 Å². The summed E-state index contributed by atoms with van der Waals surface area (Å²) in [7, 11) is 0. The van der Waals surface area contributed by atoms with Gasteiger partial charge in [-0.2, -0.15) is 0 Å². The summed E-state index contributed by atoms with van der Waals surface area (Å²) in [5, 5.41) is 14.8. The van der Waals surface area contributed by atoms with E-state index in [0.717, 1.165) is 33.4 Å². The molecule has 0 aliphatic carbocycles. The predicted molar refractivity (Wildman–Crippen MR) is 132 cm³/mol. The van der Waals surface area contributed by atoms with Crippen molar-refractivity contribution in [3.63, 3.8) is 0 Å². The van der Waals surface area contributed by atoms with Crippen molar-refractivity contribution in [2.45, 2.75) is 24.3 Å². The number of rotatable bonds is 7. The van der Waals surface area contributed by atoms with Crippen LogP contribution in [-0.2, 0) is 4.79 Å². The van der Waals surface area contributed by atoms with Crippen molar-refractivity contribution in [2.75, 3.05) is 11.9 Å². The molecule has 0 fully saturated rings. The molecule has 10 heteroatoms. The number of carbonyl (C=O) groups excluding carboxylic acids is 1. The van der Waals surface area contributed by atoms with E-state index in [2.05, 4.69) is 30.5 Å². The fraction of sp³-hybridized carbons (Fsp3) is 0.174. The maximum absolute atomic E-state index is 12.7. The van der Waals surface area contributed by atoms with Gasteiger partial charge in [-0.1, -0.05) is 30.0 Å². The summed E-state index contributed by atoms with van der Waals surface area (Å²) < 4.78 is 5.47. The first kappa shape index (κ1) is 21.4. The number of carbonyl (C=O) groups is 1. The summed E-state index contributed by atoms with van der Waals surface area (Å²) in [4.78, 5) is 25.0. The minimum atomic E-state index is -0.425. The normalized spacial score (nSPS) is 12.2. The van der Waals surface area contributed by atoms with Crippen LogP contribution < -0.4 is 10.1 Å². The number of hydrogen-bond acceptors (Lipinski definition) is 8. The van der Waals surface area contributed by atoms with Gasteiger partial charge in [-0.05, 0) is 44.2 Å². The molecule has 3 heterocycles. The van der Waals surface area contributed by atoms with Crippen molar-refractivity contribution in [2.24, 2.45) is 0 Å². The lowest BCUT2D eigenvalue weighted by molar-refractivity contribution is -0.115. The SMILES string of the molecule is CCOc1ccc(-c2csc(NC(=O)C(C)Sc3nnc4c(n3)[nH]c3ccccc34)n2)cc1. The van der Waals surface area contributed by atoms with Crippen molar-refractivity contribution >= 4 is 56.2 Å². The summed E-state index contributed by atoms with van der Waals surface area (Å²) in [5.74, 6) is 0.645. The predicted octanol–water partition coefficient (Wildman–Crippen LogP) is 5.15. The molecule has 8 nitrogen and oxygen atoms in total. The van der Waals surface area contributed by atoms with E-state index < -0.39 is 5.25 Å². The van der Waals surface area contributed by atoms with E-state index in [1.54, 1.807) is 6.92 Å². The standard InChI is InChI=1S/C23H20N6O2S2/c1-3-31-15-10-8-14(9-11-15)18-12-32-22(25-18)27-21(30)13(2)33-23-26-20-19(28-29-23)16-6-4-5-7-17(16)24-20/h4-13H,3H2,1-2H3,(H,24,26,29)(H,25,27,30). The van der Waals surface area contributed by atoms with E-state index in [1.165, 1.54) is 23.1 Å². The van der Waals surface area contributed by atoms with Crippen molar-refractivity contribution < 1.29 is 9.53 Å². The van der Waals surface area contributed by atoms with Crippen molar-refractivity contribution in [1.29, 1.82) is 0 Å². The smallest absolute Gasteiger partial charge is 0.239 e. The van der Waals surface area contributed by atoms with Crippen molar-refractivity contribution in [3.05, 3.63) is 53.9 Å². The third-order valence-corrected chi connectivity index (χ3v) is 6.66. The number of thioether (sulfide) groups is 1. The fourth-order valence-electron chi connectivity index (χ4n) is 3.33. The van der Waals surface area contributed by atoms with Gasteiger partial charge in [-0.3, -0.25) is 4.79 Å². The Morgan fingerprint density at radius 3 is 2.79 bits per heavy atom. The Bertz CT molecular complexity index is 1430. The van der Waals surface area contributed by atoms with Crippen LogP contribution in [0.15, 0.2) is 59.1 Å². The summed E-state index contributed by atoms with van der Waals surface area (Å²) in [5.41, 5.74) is 4.09. The van der Waals surface area contributed by atoms with E-state index in [9.17, 15) is 4.79 Å². The number of para-hydroxylation sites is 1. The van der Waals surface area contributed by atoms with Gasteiger partial charge in [0, 0.05) is 21.8 Å². The van der Waals surface area contributed by atoms with Crippen LogP contribution in [0.3, 0.4) is 0 Å². The van der Waals surface area contributed by atoms with Crippen LogP contribution in [0.25, 0.3) is 33.3 Å². The van der Waals surface area contributed by atoms with Gasteiger partial charge in [-0.25, -0.2) is 9.97 Å². The number of anilines is 1. The summed E-state index contributed by atoms with van der Waals surface area (Å²) >= 11 is 2.63. The highest BCUT2D eigenvalue weighted by molar-refractivity contribution is 8.00. The number of hydrogen-bond donors (Lipinski definition) is 2. The quantitative estimate of drug-likeness (QED) is 0.313. The van der Waals surface area contributed by atoms with Gasteiger partial charge in [-0.15, -0.1) is 21.5 Å². The van der Waals surface area contributed by atoms with E-state index in [4.69, 9.17) is 4.74 Å². The fourth-order valence-corrected chi connectivity index (χ4v) is 4.76. The zero-order valence-corrected chi connectivity index (χ0v) is 19.5. The molecule has 1 amide bonds. The lowest BCUT2D eigenvalue weighted by atomic mass is 10.2.